The molecule has 90 valence electrons. The molecule has 17 heavy (non-hydrogen) atoms. The molecular weight excluding hydrogens is 282 g/mol. The molecule has 1 atom stereocenters. The molecule has 2 aromatic rings. The maximum atomic E-state index is 4.42. The predicted octanol–water partition coefficient (Wildman–Crippen LogP) is 1.67. The summed E-state index contributed by atoms with van der Waals surface area (Å²) in [5, 5.41) is 11.2. The van der Waals surface area contributed by atoms with Gasteiger partial charge >= 0.3 is 0 Å². The molecule has 0 fully saturated rings. The first-order chi connectivity index (χ1) is 8.22. The molecule has 0 saturated carbocycles. The van der Waals surface area contributed by atoms with Crippen molar-refractivity contribution >= 4 is 15.9 Å². The summed E-state index contributed by atoms with van der Waals surface area (Å²) in [6.07, 6.45) is 3.56. The molecule has 0 aromatic carbocycles. The third-order valence-electron chi connectivity index (χ3n) is 2.50. The Morgan fingerprint density at radius 1 is 1.41 bits per heavy atom. The van der Waals surface area contributed by atoms with Crippen LogP contribution < -0.4 is 5.32 Å². The SMILES string of the molecule is CCNC(c1ccc(Br)cn1)c1cnnn1C. The van der Waals surface area contributed by atoms with E-state index in [0.717, 1.165) is 22.4 Å². The van der Waals surface area contributed by atoms with Crippen molar-refractivity contribution in [2.45, 2.75) is 13.0 Å². The minimum absolute atomic E-state index is 0.0214. The zero-order chi connectivity index (χ0) is 12.3. The van der Waals surface area contributed by atoms with Crippen LogP contribution in [0.1, 0.15) is 24.4 Å². The molecule has 6 heteroatoms. The van der Waals surface area contributed by atoms with Gasteiger partial charge in [0.1, 0.15) is 0 Å². The fraction of sp³-hybridized carbons (Fsp3) is 0.364. The van der Waals surface area contributed by atoms with Gasteiger partial charge in [-0.2, -0.15) is 0 Å². The van der Waals surface area contributed by atoms with Crippen LogP contribution in [0, 0.1) is 0 Å². The largest absolute Gasteiger partial charge is 0.304 e. The zero-order valence-corrected chi connectivity index (χ0v) is 11.3. The van der Waals surface area contributed by atoms with Crippen molar-refractivity contribution in [2.75, 3.05) is 6.54 Å². The van der Waals surface area contributed by atoms with Crippen molar-refractivity contribution in [2.24, 2.45) is 7.05 Å². The van der Waals surface area contributed by atoms with Crippen LogP contribution in [0.5, 0.6) is 0 Å². The van der Waals surface area contributed by atoms with Crippen molar-refractivity contribution in [3.8, 4) is 0 Å². The van der Waals surface area contributed by atoms with Crippen molar-refractivity contribution in [3.05, 3.63) is 40.4 Å². The molecular formula is C11H14BrN5. The quantitative estimate of drug-likeness (QED) is 0.932. The number of pyridine rings is 1. The highest BCUT2D eigenvalue weighted by atomic mass is 79.9. The molecule has 2 rings (SSSR count). The van der Waals surface area contributed by atoms with E-state index in [0.29, 0.717) is 0 Å². The van der Waals surface area contributed by atoms with E-state index in [4.69, 9.17) is 0 Å². The lowest BCUT2D eigenvalue weighted by molar-refractivity contribution is 0.558. The fourth-order valence-electron chi connectivity index (χ4n) is 1.68. The number of nitrogens with one attached hydrogen (secondary N) is 1. The predicted molar refractivity (Wildman–Crippen MR) is 68.5 cm³/mol. The van der Waals surface area contributed by atoms with Crippen LogP contribution in [0.15, 0.2) is 29.0 Å². The van der Waals surface area contributed by atoms with Gasteiger partial charge in [0, 0.05) is 17.7 Å². The Morgan fingerprint density at radius 2 is 2.24 bits per heavy atom. The summed E-state index contributed by atoms with van der Waals surface area (Å²) in [5.74, 6) is 0. The molecule has 0 bridgehead atoms. The minimum atomic E-state index is 0.0214. The highest BCUT2D eigenvalue weighted by molar-refractivity contribution is 9.10. The Bertz CT molecular complexity index is 479. The van der Waals surface area contributed by atoms with E-state index in [-0.39, 0.29) is 6.04 Å². The second-order valence-corrected chi connectivity index (χ2v) is 4.59. The van der Waals surface area contributed by atoms with Crippen LogP contribution in [0.25, 0.3) is 0 Å². The fourth-order valence-corrected chi connectivity index (χ4v) is 1.92. The molecule has 0 spiro atoms. The van der Waals surface area contributed by atoms with Crippen LogP contribution in [0.3, 0.4) is 0 Å². The van der Waals surface area contributed by atoms with Gasteiger partial charge < -0.3 is 5.32 Å². The van der Waals surface area contributed by atoms with E-state index in [2.05, 4.69) is 43.5 Å². The number of hydrogen-bond acceptors (Lipinski definition) is 4. The van der Waals surface area contributed by atoms with E-state index in [1.165, 1.54) is 0 Å². The zero-order valence-electron chi connectivity index (χ0n) is 9.76. The molecule has 0 aliphatic heterocycles. The second-order valence-electron chi connectivity index (χ2n) is 3.67. The van der Waals surface area contributed by atoms with Crippen LogP contribution in [-0.4, -0.2) is 26.5 Å². The van der Waals surface area contributed by atoms with Gasteiger partial charge in [-0.1, -0.05) is 12.1 Å². The Balaban J connectivity index is 2.35. The number of rotatable bonds is 4. The van der Waals surface area contributed by atoms with E-state index in [1.54, 1.807) is 17.1 Å². The monoisotopic (exact) mass is 295 g/mol. The van der Waals surface area contributed by atoms with E-state index >= 15 is 0 Å². The van der Waals surface area contributed by atoms with Crippen LogP contribution in [0.4, 0.5) is 0 Å². The molecule has 0 amide bonds. The van der Waals surface area contributed by atoms with Gasteiger partial charge in [0.2, 0.25) is 0 Å². The second kappa shape index (κ2) is 5.37. The number of aryl methyl sites for hydroxylation is 1. The Morgan fingerprint density at radius 3 is 2.76 bits per heavy atom. The highest BCUT2D eigenvalue weighted by Gasteiger charge is 2.17. The lowest BCUT2D eigenvalue weighted by Crippen LogP contribution is -2.25. The third kappa shape index (κ3) is 2.70. The standard InChI is InChI=1S/C11H14BrN5/c1-3-13-11(10-7-15-16-17(10)2)9-5-4-8(12)6-14-9/h4-7,11,13H,3H2,1-2H3. The van der Waals surface area contributed by atoms with Gasteiger partial charge in [0.15, 0.2) is 0 Å². The molecule has 0 aliphatic rings. The first kappa shape index (κ1) is 12.2. The summed E-state index contributed by atoms with van der Waals surface area (Å²) in [4.78, 5) is 4.42. The maximum absolute atomic E-state index is 4.42. The average molecular weight is 296 g/mol. The average Bonchev–Trinajstić information content (AvgIpc) is 2.74. The molecule has 0 radical (unpaired) electrons. The first-order valence-corrected chi connectivity index (χ1v) is 6.21. The number of nitrogens with zero attached hydrogens (tertiary/aromatic N) is 4. The van der Waals surface area contributed by atoms with Crippen LogP contribution >= 0.6 is 15.9 Å². The minimum Gasteiger partial charge on any atom is -0.304 e. The van der Waals surface area contributed by atoms with Gasteiger partial charge in [-0.05, 0) is 34.6 Å². The summed E-state index contributed by atoms with van der Waals surface area (Å²) in [7, 11) is 1.88. The van der Waals surface area contributed by atoms with Crippen molar-refractivity contribution < 1.29 is 0 Å². The lowest BCUT2D eigenvalue weighted by atomic mass is 10.1. The molecule has 0 aliphatic carbocycles. The van der Waals surface area contributed by atoms with Gasteiger partial charge in [-0.15, -0.1) is 5.10 Å². The van der Waals surface area contributed by atoms with Crippen molar-refractivity contribution in [1.29, 1.82) is 0 Å². The molecule has 2 heterocycles. The molecule has 5 nitrogen and oxygen atoms in total. The third-order valence-corrected chi connectivity index (χ3v) is 2.97. The van der Waals surface area contributed by atoms with E-state index < -0.39 is 0 Å². The topological polar surface area (TPSA) is 55.6 Å². The van der Waals surface area contributed by atoms with Gasteiger partial charge in [-0.25, -0.2) is 0 Å². The Labute approximate surface area is 108 Å². The first-order valence-electron chi connectivity index (χ1n) is 5.41. The maximum Gasteiger partial charge on any atom is 0.0938 e. The van der Waals surface area contributed by atoms with E-state index in [9.17, 15) is 0 Å². The van der Waals surface area contributed by atoms with Gasteiger partial charge in [0.05, 0.1) is 23.6 Å². The normalized spacial score (nSPS) is 12.6. The summed E-state index contributed by atoms with van der Waals surface area (Å²) in [6, 6.07) is 3.99. The molecule has 1 N–H and O–H groups in total. The number of hydrogen-bond donors (Lipinski definition) is 1. The molecule has 2 aromatic heterocycles. The summed E-state index contributed by atoms with van der Waals surface area (Å²) in [6.45, 7) is 2.92. The smallest absolute Gasteiger partial charge is 0.0938 e. The molecule has 0 saturated heterocycles. The van der Waals surface area contributed by atoms with E-state index in [1.807, 2.05) is 19.2 Å². The lowest BCUT2D eigenvalue weighted by Gasteiger charge is -2.16. The van der Waals surface area contributed by atoms with Crippen molar-refractivity contribution in [1.82, 2.24) is 25.3 Å². The Kier molecular flexibility index (Phi) is 3.86. The highest BCUT2D eigenvalue weighted by Crippen LogP contribution is 2.20. The summed E-state index contributed by atoms with van der Waals surface area (Å²) >= 11 is 3.38. The van der Waals surface area contributed by atoms with Gasteiger partial charge in [-0.3, -0.25) is 9.67 Å². The summed E-state index contributed by atoms with van der Waals surface area (Å²) < 4.78 is 2.73. The van der Waals surface area contributed by atoms with Crippen molar-refractivity contribution in [3.63, 3.8) is 0 Å². The van der Waals surface area contributed by atoms with Crippen LogP contribution in [0.2, 0.25) is 0 Å². The Hall–Kier alpha value is -1.27. The van der Waals surface area contributed by atoms with Crippen LogP contribution in [-0.2, 0) is 7.05 Å². The molecule has 1 unspecified atom stereocenters. The van der Waals surface area contributed by atoms with Gasteiger partial charge in [0.25, 0.3) is 0 Å². The number of halogens is 1. The summed E-state index contributed by atoms with van der Waals surface area (Å²) in [5.41, 5.74) is 1.96. The number of aromatic nitrogens is 4.